The molecule has 166 valence electrons. The summed E-state index contributed by atoms with van der Waals surface area (Å²) in [7, 11) is 0. The Morgan fingerprint density at radius 3 is 2.71 bits per heavy atom. The summed E-state index contributed by atoms with van der Waals surface area (Å²) in [6.45, 7) is 4.81. The van der Waals surface area contributed by atoms with Crippen LogP contribution >= 0.6 is 0 Å². The molecular formula is C22H27N3O6. The molecule has 2 fully saturated rings. The third-order valence-corrected chi connectivity index (χ3v) is 6.23. The molecule has 4 rings (SSSR count). The van der Waals surface area contributed by atoms with E-state index in [9.17, 15) is 24.8 Å². The normalized spacial score (nSPS) is 18.9. The van der Waals surface area contributed by atoms with E-state index >= 15 is 0 Å². The molecule has 2 aromatic rings. The van der Waals surface area contributed by atoms with E-state index in [1.54, 1.807) is 20.0 Å². The second kappa shape index (κ2) is 8.30. The van der Waals surface area contributed by atoms with Crippen molar-refractivity contribution in [3.8, 4) is 0 Å². The minimum Gasteiger partial charge on any atom is -0.462 e. The molecule has 1 saturated carbocycles. The predicted molar refractivity (Wildman–Crippen MR) is 116 cm³/mol. The summed E-state index contributed by atoms with van der Waals surface area (Å²) in [5.41, 5.74) is 0.989. The van der Waals surface area contributed by atoms with Gasteiger partial charge in [0.25, 0.3) is 5.69 Å². The lowest BCUT2D eigenvalue weighted by molar-refractivity contribution is -0.384. The maximum absolute atomic E-state index is 13.2. The number of esters is 1. The largest absolute Gasteiger partial charge is 0.462 e. The van der Waals surface area contributed by atoms with Crippen molar-refractivity contribution in [2.45, 2.75) is 45.6 Å². The lowest BCUT2D eigenvalue weighted by Crippen LogP contribution is -2.37. The Bertz CT molecular complexity index is 1100. The fourth-order valence-corrected chi connectivity index (χ4v) is 4.64. The number of nitrogens with zero attached hydrogens (tertiary/aromatic N) is 3. The number of aryl methyl sites for hydroxylation is 1. The first-order valence-electron chi connectivity index (χ1n) is 10.8. The number of rotatable bonds is 6. The number of carbonyl (C=O) groups is 1. The zero-order valence-corrected chi connectivity index (χ0v) is 17.8. The van der Waals surface area contributed by atoms with Gasteiger partial charge in [-0.05, 0) is 45.4 Å². The molecule has 1 aromatic carbocycles. The summed E-state index contributed by atoms with van der Waals surface area (Å²) in [6, 6.07) is 1.46. The number of fused-ring (bicyclic) bond motifs is 1. The van der Waals surface area contributed by atoms with E-state index in [0.29, 0.717) is 29.9 Å². The Morgan fingerprint density at radius 1 is 1.35 bits per heavy atom. The molecule has 0 spiro atoms. The van der Waals surface area contributed by atoms with Crippen LogP contribution in [0.3, 0.4) is 0 Å². The number of hydrogen-bond donors (Lipinski definition) is 1. The van der Waals surface area contributed by atoms with Crippen molar-refractivity contribution in [2.24, 2.45) is 5.92 Å². The number of anilines is 1. The van der Waals surface area contributed by atoms with Gasteiger partial charge in [0.05, 0.1) is 22.4 Å². The Hall–Kier alpha value is -2.94. The lowest BCUT2D eigenvalue weighted by Gasteiger charge is -2.34. The molecular weight excluding hydrogens is 402 g/mol. The van der Waals surface area contributed by atoms with Crippen molar-refractivity contribution in [1.29, 1.82) is 0 Å². The van der Waals surface area contributed by atoms with Crippen LogP contribution < -0.4 is 10.3 Å². The van der Waals surface area contributed by atoms with E-state index in [2.05, 4.69) is 0 Å². The predicted octanol–water partition coefficient (Wildman–Crippen LogP) is 2.94. The van der Waals surface area contributed by atoms with Crippen LogP contribution in [-0.2, 0) is 4.74 Å². The second-order valence-corrected chi connectivity index (χ2v) is 8.39. The summed E-state index contributed by atoms with van der Waals surface area (Å²) in [5.74, 6) is -0.657. The van der Waals surface area contributed by atoms with Gasteiger partial charge in [0.15, 0.2) is 0 Å². The lowest BCUT2D eigenvalue weighted by atomic mass is 9.96. The number of ether oxygens (including phenoxy) is 1. The fraction of sp³-hybridized carbons (Fsp3) is 0.545. The summed E-state index contributed by atoms with van der Waals surface area (Å²) in [5, 5.41) is 21.8. The first kappa shape index (κ1) is 21.3. The van der Waals surface area contributed by atoms with E-state index in [0.717, 1.165) is 25.7 Å². The fourth-order valence-electron chi connectivity index (χ4n) is 4.64. The van der Waals surface area contributed by atoms with Crippen molar-refractivity contribution in [3.63, 3.8) is 0 Å². The molecule has 1 N–H and O–H groups in total. The number of aliphatic hydroxyl groups excluding tert-OH is 1. The Morgan fingerprint density at radius 2 is 2.10 bits per heavy atom. The molecule has 1 aromatic heterocycles. The first-order chi connectivity index (χ1) is 14.9. The number of hydrogen-bond acceptors (Lipinski definition) is 7. The highest BCUT2D eigenvalue weighted by atomic mass is 16.6. The second-order valence-electron chi connectivity index (χ2n) is 8.39. The molecule has 1 unspecified atom stereocenters. The van der Waals surface area contributed by atoms with E-state index in [4.69, 9.17) is 4.74 Å². The number of nitro benzene ring substituents is 1. The molecule has 1 saturated heterocycles. The smallest absolute Gasteiger partial charge is 0.343 e. The van der Waals surface area contributed by atoms with Crippen LogP contribution in [0.1, 0.15) is 54.6 Å². The number of piperidine rings is 1. The van der Waals surface area contributed by atoms with Crippen LogP contribution in [0.15, 0.2) is 17.1 Å². The molecule has 31 heavy (non-hydrogen) atoms. The Balaban J connectivity index is 1.99. The molecule has 9 heteroatoms. The number of aliphatic hydroxyl groups is 1. The van der Waals surface area contributed by atoms with Crippen molar-refractivity contribution in [1.82, 2.24) is 4.57 Å². The van der Waals surface area contributed by atoms with Crippen LogP contribution in [0.5, 0.6) is 0 Å². The van der Waals surface area contributed by atoms with Crippen LogP contribution in [-0.4, -0.2) is 46.9 Å². The molecule has 1 aliphatic carbocycles. The van der Waals surface area contributed by atoms with Crippen molar-refractivity contribution in [3.05, 3.63) is 43.7 Å². The van der Waals surface area contributed by atoms with Gasteiger partial charge in [0, 0.05) is 43.6 Å². The molecule has 0 bridgehead atoms. The van der Waals surface area contributed by atoms with Crippen LogP contribution in [0.25, 0.3) is 10.9 Å². The van der Waals surface area contributed by atoms with Gasteiger partial charge in [0.1, 0.15) is 11.3 Å². The molecule has 2 heterocycles. The molecule has 9 nitrogen and oxygen atoms in total. The summed E-state index contributed by atoms with van der Waals surface area (Å²) in [4.78, 5) is 39.1. The summed E-state index contributed by atoms with van der Waals surface area (Å²) >= 11 is 0. The number of benzene rings is 1. The third-order valence-electron chi connectivity index (χ3n) is 6.23. The van der Waals surface area contributed by atoms with Crippen LogP contribution in [0.4, 0.5) is 11.4 Å². The highest BCUT2D eigenvalue weighted by molar-refractivity contribution is 5.98. The zero-order valence-electron chi connectivity index (χ0n) is 17.8. The monoisotopic (exact) mass is 429 g/mol. The zero-order chi connectivity index (χ0) is 22.3. The summed E-state index contributed by atoms with van der Waals surface area (Å²) in [6.07, 6.45) is 5.10. The van der Waals surface area contributed by atoms with Gasteiger partial charge >= 0.3 is 5.97 Å². The van der Waals surface area contributed by atoms with Gasteiger partial charge < -0.3 is 19.3 Å². The number of nitro groups is 1. The molecule has 2 aliphatic rings. The van der Waals surface area contributed by atoms with Crippen molar-refractivity contribution < 1.29 is 19.6 Å². The maximum atomic E-state index is 13.2. The highest BCUT2D eigenvalue weighted by Crippen LogP contribution is 2.43. The van der Waals surface area contributed by atoms with Gasteiger partial charge in [-0.3, -0.25) is 14.9 Å². The maximum Gasteiger partial charge on any atom is 0.343 e. The first-order valence-corrected chi connectivity index (χ1v) is 10.8. The minimum absolute atomic E-state index is 0.0343. The van der Waals surface area contributed by atoms with Gasteiger partial charge in [0.2, 0.25) is 5.43 Å². The van der Waals surface area contributed by atoms with E-state index in [-0.39, 0.29) is 41.8 Å². The van der Waals surface area contributed by atoms with Crippen molar-refractivity contribution >= 4 is 28.2 Å². The average molecular weight is 429 g/mol. The molecule has 0 radical (unpaired) electrons. The Kier molecular flexibility index (Phi) is 5.70. The van der Waals surface area contributed by atoms with E-state index in [1.807, 2.05) is 9.47 Å². The topological polar surface area (TPSA) is 115 Å². The molecule has 1 aliphatic heterocycles. The van der Waals surface area contributed by atoms with Gasteiger partial charge in [-0.15, -0.1) is 0 Å². The van der Waals surface area contributed by atoms with Crippen molar-refractivity contribution in [2.75, 3.05) is 31.2 Å². The average Bonchev–Trinajstić information content (AvgIpc) is 3.59. The van der Waals surface area contributed by atoms with E-state index in [1.165, 1.54) is 6.07 Å². The minimum atomic E-state index is -0.713. The van der Waals surface area contributed by atoms with Gasteiger partial charge in [-0.1, -0.05) is 0 Å². The summed E-state index contributed by atoms with van der Waals surface area (Å²) < 4.78 is 6.96. The number of pyridine rings is 1. The van der Waals surface area contributed by atoms with Gasteiger partial charge in [-0.25, -0.2) is 4.79 Å². The molecule has 1 atom stereocenters. The van der Waals surface area contributed by atoms with Crippen LogP contribution in [0.2, 0.25) is 0 Å². The SMILES string of the molecule is CCOC(=O)c1cn(C2CC2)c2c(C)c(N3CCCC(CO)C3)c([N+](=O)[O-])cc2c1=O. The molecule has 0 amide bonds. The van der Waals surface area contributed by atoms with E-state index < -0.39 is 16.3 Å². The van der Waals surface area contributed by atoms with Gasteiger partial charge in [-0.2, -0.15) is 0 Å². The number of aromatic nitrogens is 1. The quantitative estimate of drug-likeness (QED) is 0.426. The number of carbonyl (C=O) groups excluding carboxylic acids is 1. The Labute approximate surface area is 179 Å². The third kappa shape index (κ3) is 3.78. The highest BCUT2D eigenvalue weighted by Gasteiger charge is 2.33. The van der Waals surface area contributed by atoms with Crippen LogP contribution in [0, 0.1) is 23.0 Å². The standard InChI is InChI=1S/C22H27N3O6/c1-3-31-22(28)17-11-24(15-6-7-15)19-13(2)20(23-8-4-5-14(10-23)12-26)18(25(29)30)9-16(19)21(17)27/h9,11,14-15,26H,3-8,10,12H2,1-2H3.